The van der Waals surface area contributed by atoms with Gasteiger partial charge in [-0.2, -0.15) is 5.26 Å². The fourth-order valence-electron chi connectivity index (χ4n) is 0.783. The lowest BCUT2D eigenvalue weighted by molar-refractivity contribution is 0.426. The molecule has 0 bridgehead atoms. The summed E-state index contributed by atoms with van der Waals surface area (Å²) in [6, 6.07) is 6.48. The Bertz CT molecular complexity index is 335. The predicted molar refractivity (Wildman–Crippen MR) is 48.7 cm³/mol. The van der Waals surface area contributed by atoms with Gasteiger partial charge in [-0.05, 0) is 33.5 Å². The summed E-state index contributed by atoms with van der Waals surface area (Å²) in [5.74, 6) is 0. The molecule has 2 N–H and O–H groups in total. The Hall–Kier alpha value is -0.825. The summed E-state index contributed by atoms with van der Waals surface area (Å²) in [5.41, 5.74) is 0.834. The summed E-state index contributed by atoms with van der Waals surface area (Å²) in [6.07, 6.45) is 0. The van der Waals surface area contributed by atoms with Crippen molar-refractivity contribution < 1.29 is 10.0 Å². The van der Waals surface area contributed by atoms with Crippen LogP contribution in [0.25, 0.3) is 0 Å². The molecule has 3 nitrogen and oxygen atoms in total. The van der Waals surface area contributed by atoms with Crippen molar-refractivity contribution in [3.05, 3.63) is 28.2 Å². The predicted octanol–water partition coefficient (Wildman–Crippen LogP) is 0.000580. The van der Waals surface area contributed by atoms with Gasteiger partial charge in [-0.3, -0.25) is 0 Å². The molecule has 0 atom stereocenters. The molecule has 1 rings (SSSR count). The van der Waals surface area contributed by atoms with Gasteiger partial charge in [0.25, 0.3) is 0 Å². The fraction of sp³-hybridized carbons (Fsp3) is 0. The Labute approximate surface area is 78.5 Å². The van der Waals surface area contributed by atoms with Gasteiger partial charge in [-0.1, -0.05) is 6.07 Å². The van der Waals surface area contributed by atoms with Crippen LogP contribution in [0.15, 0.2) is 22.7 Å². The normalized spacial score (nSPS) is 9.17. The molecular weight excluding hydrogens is 221 g/mol. The molecule has 0 aromatic heterocycles. The van der Waals surface area contributed by atoms with E-state index in [4.69, 9.17) is 15.3 Å². The largest absolute Gasteiger partial charge is 0.488 e. The molecule has 0 unspecified atom stereocenters. The lowest BCUT2D eigenvalue weighted by Gasteiger charge is -2.00. The molecule has 0 saturated heterocycles. The molecular formula is C7H5BBrNO2. The van der Waals surface area contributed by atoms with Crippen molar-refractivity contribution in [1.82, 2.24) is 0 Å². The zero-order valence-electron chi connectivity index (χ0n) is 6.03. The maximum absolute atomic E-state index is 8.76. The van der Waals surface area contributed by atoms with Gasteiger partial charge in [0.15, 0.2) is 0 Å². The van der Waals surface area contributed by atoms with Gasteiger partial charge in [0.1, 0.15) is 6.07 Å². The number of hydrogen-bond acceptors (Lipinski definition) is 3. The minimum absolute atomic E-state index is 0.362. The minimum atomic E-state index is -1.49. The molecule has 1 aromatic carbocycles. The SMILES string of the molecule is N#Cc1ccc(B(O)O)cc1Br. The van der Waals surface area contributed by atoms with Crippen LogP contribution in [0.2, 0.25) is 0 Å². The van der Waals surface area contributed by atoms with Crippen molar-refractivity contribution in [3.63, 3.8) is 0 Å². The molecule has 0 spiro atoms. The van der Waals surface area contributed by atoms with E-state index in [1.807, 2.05) is 6.07 Å². The molecule has 0 aliphatic heterocycles. The second-order valence-electron chi connectivity index (χ2n) is 2.22. The van der Waals surface area contributed by atoms with Gasteiger partial charge >= 0.3 is 7.12 Å². The Balaban J connectivity index is 3.12. The third kappa shape index (κ3) is 1.86. The summed E-state index contributed by atoms with van der Waals surface area (Å²) in [5, 5.41) is 26.1. The highest BCUT2D eigenvalue weighted by Crippen LogP contribution is 2.13. The zero-order valence-corrected chi connectivity index (χ0v) is 7.62. The lowest BCUT2D eigenvalue weighted by Crippen LogP contribution is -2.29. The maximum atomic E-state index is 8.76. The third-order valence-corrected chi connectivity index (χ3v) is 2.07. The highest BCUT2D eigenvalue weighted by molar-refractivity contribution is 9.10. The average molecular weight is 226 g/mol. The van der Waals surface area contributed by atoms with Crippen molar-refractivity contribution in [1.29, 1.82) is 5.26 Å². The van der Waals surface area contributed by atoms with Crippen LogP contribution in [0.5, 0.6) is 0 Å². The molecule has 0 radical (unpaired) electrons. The van der Waals surface area contributed by atoms with E-state index in [2.05, 4.69) is 15.9 Å². The summed E-state index contributed by atoms with van der Waals surface area (Å²) in [6.45, 7) is 0. The van der Waals surface area contributed by atoms with Gasteiger partial charge in [0.2, 0.25) is 0 Å². The first kappa shape index (κ1) is 9.26. The molecule has 1 aromatic rings. The van der Waals surface area contributed by atoms with Crippen LogP contribution in [-0.4, -0.2) is 17.2 Å². The second kappa shape index (κ2) is 3.72. The first-order valence-corrected chi connectivity index (χ1v) is 4.00. The van der Waals surface area contributed by atoms with Crippen molar-refractivity contribution in [2.45, 2.75) is 0 Å². The van der Waals surface area contributed by atoms with E-state index >= 15 is 0 Å². The van der Waals surface area contributed by atoms with E-state index in [9.17, 15) is 0 Å². The van der Waals surface area contributed by atoms with Crippen LogP contribution in [-0.2, 0) is 0 Å². The second-order valence-corrected chi connectivity index (χ2v) is 3.08. The molecule has 0 heterocycles. The lowest BCUT2D eigenvalue weighted by atomic mass is 9.80. The standard InChI is InChI=1S/C7H5BBrNO2/c9-7-3-6(8(11)12)2-1-5(7)4-10/h1-3,11-12H. The van der Waals surface area contributed by atoms with Crippen molar-refractivity contribution in [2.75, 3.05) is 0 Å². The van der Waals surface area contributed by atoms with Crippen LogP contribution < -0.4 is 5.46 Å². The van der Waals surface area contributed by atoms with Crippen LogP contribution in [0.3, 0.4) is 0 Å². The van der Waals surface area contributed by atoms with Crippen molar-refractivity contribution in [3.8, 4) is 6.07 Å². The molecule has 0 aliphatic carbocycles. The van der Waals surface area contributed by atoms with Crippen LogP contribution >= 0.6 is 15.9 Å². The summed E-state index contributed by atoms with van der Waals surface area (Å²) in [7, 11) is -1.49. The monoisotopic (exact) mass is 225 g/mol. The summed E-state index contributed by atoms with van der Waals surface area (Å²) < 4.78 is 0.565. The van der Waals surface area contributed by atoms with Crippen molar-refractivity contribution in [2.24, 2.45) is 0 Å². The fourth-order valence-corrected chi connectivity index (χ4v) is 1.27. The zero-order chi connectivity index (χ0) is 9.14. The van der Waals surface area contributed by atoms with E-state index in [0.29, 0.717) is 15.5 Å². The van der Waals surface area contributed by atoms with E-state index in [-0.39, 0.29) is 0 Å². The van der Waals surface area contributed by atoms with Crippen LogP contribution in [0.1, 0.15) is 5.56 Å². The van der Waals surface area contributed by atoms with Crippen molar-refractivity contribution >= 4 is 28.5 Å². The third-order valence-electron chi connectivity index (χ3n) is 1.41. The molecule has 0 amide bonds. The Morgan fingerprint density at radius 3 is 2.50 bits per heavy atom. The number of rotatable bonds is 1. The van der Waals surface area contributed by atoms with E-state index in [0.717, 1.165) is 0 Å². The first-order chi connectivity index (χ1) is 5.65. The Kier molecular flexibility index (Phi) is 2.87. The Morgan fingerprint density at radius 2 is 2.08 bits per heavy atom. The number of benzene rings is 1. The van der Waals surface area contributed by atoms with Gasteiger partial charge < -0.3 is 10.0 Å². The number of nitrogens with zero attached hydrogens (tertiary/aromatic N) is 1. The topological polar surface area (TPSA) is 64.2 Å². The van der Waals surface area contributed by atoms with E-state index < -0.39 is 7.12 Å². The maximum Gasteiger partial charge on any atom is 0.488 e. The van der Waals surface area contributed by atoms with Gasteiger partial charge in [0, 0.05) is 4.47 Å². The van der Waals surface area contributed by atoms with E-state index in [1.54, 1.807) is 0 Å². The van der Waals surface area contributed by atoms with Crippen LogP contribution in [0, 0.1) is 11.3 Å². The highest BCUT2D eigenvalue weighted by atomic mass is 79.9. The van der Waals surface area contributed by atoms with Gasteiger partial charge in [0.05, 0.1) is 5.56 Å². The highest BCUT2D eigenvalue weighted by Gasteiger charge is 2.11. The number of hydrogen-bond donors (Lipinski definition) is 2. The molecule has 0 fully saturated rings. The van der Waals surface area contributed by atoms with Crippen LogP contribution in [0.4, 0.5) is 0 Å². The smallest absolute Gasteiger partial charge is 0.423 e. The molecule has 0 aliphatic rings. The number of nitriles is 1. The summed E-state index contributed by atoms with van der Waals surface area (Å²) in [4.78, 5) is 0. The molecule has 5 heteroatoms. The van der Waals surface area contributed by atoms with Gasteiger partial charge in [-0.25, -0.2) is 0 Å². The average Bonchev–Trinajstić information content (AvgIpc) is 2.04. The number of halogens is 1. The molecule has 60 valence electrons. The molecule has 12 heavy (non-hydrogen) atoms. The van der Waals surface area contributed by atoms with Gasteiger partial charge in [-0.15, -0.1) is 0 Å². The minimum Gasteiger partial charge on any atom is -0.423 e. The van der Waals surface area contributed by atoms with E-state index in [1.165, 1.54) is 18.2 Å². The Morgan fingerprint density at radius 1 is 1.42 bits per heavy atom. The molecule has 0 saturated carbocycles. The summed E-state index contributed by atoms with van der Waals surface area (Å²) >= 11 is 3.13. The quantitative estimate of drug-likeness (QED) is 0.662. The first-order valence-electron chi connectivity index (χ1n) is 3.21.